The van der Waals surface area contributed by atoms with Crippen LogP contribution in [0.15, 0.2) is 30.3 Å². The first-order valence-corrected chi connectivity index (χ1v) is 5.84. The third-order valence-corrected chi connectivity index (χ3v) is 3.15. The van der Waals surface area contributed by atoms with E-state index in [-0.39, 0.29) is 5.78 Å². The lowest BCUT2D eigenvalue weighted by Crippen LogP contribution is -2.00. The van der Waals surface area contributed by atoms with Crippen molar-refractivity contribution in [2.45, 2.75) is 20.8 Å². The lowest BCUT2D eigenvalue weighted by atomic mass is 10.2. The molecule has 1 heterocycles. The number of nitrogens with zero attached hydrogens (tertiary/aromatic N) is 1. The minimum atomic E-state index is 0.0957. The Morgan fingerprint density at radius 3 is 2.24 bits per heavy atom. The molecule has 17 heavy (non-hydrogen) atoms. The summed E-state index contributed by atoms with van der Waals surface area (Å²) in [4.78, 5) is 11.5. The van der Waals surface area contributed by atoms with Crippen molar-refractivity contribution < 1.29 is 4.79 Å². The zero-order valence-electron chi connectivity index (χ0n) is 10.1. The first kappa shape index (κ1) is 11.9. The van der Waals surface area contributed by atoms with Crippen molar-refractivity contribution in [3.05, 3.63) is 52.3 Å². The molecule has 0 fully saturated rings. The normalized spacial score (nSPS) is 10.6. The lowest BCUT2D eigenvalue weighted by Gasteiger charge is -2.09. The Labute approximate surface area is 106 Å². The predicted octanol–water partition coefficient (Wildman–Crippen LogP) is 3.95. The molecule has 0 spiro atoms. The van der Waals surface area contributed by atoms with Gasteiger partial charge in [-0.2, -0.15) is 0 Å². The summed E-state index contributed by atoms with van der Waals surface area (Å²) in [5, 5.41) is 0.711. The summed E-state index contributed by atoms with van der Waals surface area (Å²) in [6.45, 7) is 5.54. The molecular weight excluding hydrogens is 234 g/mol. The number of halogens is 1. The fraction of sp³-hybridized carbons (Fsp3) is 0.214. The largest absolute Gasteiger partial charge is 0.318 e. The molecule has 0 saturated heterocycles. The van der Waals surface area contributed by atoms with Crippen molar-refractivity contribution in [1.82, 2.24) is 4.57 Å². The second-order valence-corrected chi connectivity index (χ2v) is 4.59. The van der Waals surface area contributed by atoms with Crippen LogP contribution in [0, 0.1) is 13.8 Å². The molecule has 2 nitrogen and oxygen atoms in total. The maximum Gasteiger partial charge on any atom is 0.161 e. The fourth-order valence-corrected chi connectivity index (χ4v) is 2.23. The van der Waals surface area contributed by atoms with E-state index >= 15 is 0 Å². The first-order chi connectivity index (χ1) is 8.00. The number of hydrogen-bond donors (Lipinski definition) is 0. The SMILES string of the molecule is CC(=O)c1cc(C)n(-c2ccc(Cl)cc2)c1C. The van der Waals surface area contributed by atoms with Gasteiger partial charge in [-0.15, -0.1) is 0 Å². The van der Waals surface area contributed by atoms with E-state index < -0.39 is 0 Å². The molecule has 0 N–H and O–H groups in total. The summed E-state index contributed by atoms with van der Waals surface area (Å²) in [7, 11) is 0. The molecule has 2 rings (SSSR count). The molecule has 1 aromatic carbocycles. The number of Topliss-reactive ketones (excluding diaryl/α,β-unsaturated/α-hetero) is 1. The molecule has 0 unspecified atom stereocenters. The van der Waals surface area contributed by atoms with Gasteiger partial charge in [0.1, 0.15) is 0 Å². The second-order valence-electron chi connectivity index (χ2n) is 4.15. The quantitative estimate of drug-likeness (QED) is 0.737. The van der Waals surface area contributed by atoms with Crippen LogP contribution in [0.1, 0.15) is 28.7 Å². The Bertz CT molecular complexity index is 567. The van der Waals surface area contributed by atoms with Gasteiger partial charge in [0, 0.05) is 27.7 Å². The highest BCUT2D eigenvalue weighted by atomic mass is 35.5. The van der Waals surface area contributed by atoms with Gasteiger partial charge in [-0.3, -0.25) is 4.79 Å². The van der Waals surface area contributed by atoms with E-state index in [0.717, 1.165) is 22.6 Å². The highest BCUT2D eigenvalue weighted by molar-refractivity contribution is 6.30. The van der Waals surface area contributed by atoms with Crippen molar-refractivity contribution in [1.29, 1.82) is 0 Å². The summed E-state index contributed by atoms with van der Waals surface area (Å²) >= 11 is 5.87. The number of hydrogen-bond acceptors (Lipinski definition) is 1. The van der Waals surface area contributed by atoms with Crippen molar-refractivity contribution >= 4 is 17.4 Å². The van der Waals surface area contributed by atoms with Crippen LogP contribution >= 0.6 is 11.6 Å². The minimum absolute atomic E-state index is 0.0957. The highest BCUT2D eigenvalue weighted by Gasteiger charge is 2.13. The Morgan fingerprint density at radius 2 is 1.76 bits per heavy atom. The standard InChI is InChI=1S/C14H14ClNO/c1-9-8-14(11(3)17)10(2)16(9)13-6-4-12(15)5-7-13/h4-8H,1-3H3. The van der Waals surface area contributed by atoms with E-state index in [1.165, 1.54) is 0 Å². The van der Waals surface area contributed by atoms with Crippen molar-refractivity contribution in [3.63, 3.8) is 0 Å². The molecule has 0 atom stereocenters. The average Bonchev–Trinajstić information content (AvgIpc) is 2.56. The summed E-state index contributed by atoms with van der Waals surface area (Å²) in [5.41, 5.74) is 3.82. The lowest BCUT2D eigenvalue weighted by molar-refractivity contribution is 0.101. The number of carbonyl (C=O) groups is 1. The van der Waals surface area contributed by atoms with E-state index in [1.807, 2.05) is 44.2 Å². The Kier molecular flexibility index (Phi) is 3.07. The molecule has 0 aliphatic carbocycles. The zero-order valence-corrected chi connectivity index (χ0v) is 10.9. The summed E-state index contributed by atoms with van der Waals surface area (Å²) in [6.07, 6.45) is 0. The monoisotopic (exact) mass is 247 g/mol. The highest BCUT2D eigenvalue weighted by Crippen LogP contribution is 2.22. The molecule has 0 radical (unpaired) electrons. The van der Waals surface area contributed by atoms with Crippen LogP contribution in [-0.2, 0) is 0 Å². The third kappa shape index (κ3) is 2.13. The number of rotatable bonds is 2. The number of aryl methyl sites for hydroxylation is 1. The van der Waals surface area contributed by atoms with E-state index in [4.69, 9.17) is 11.6 Å². The van der Waals surface area contributed by atoms with Crippen LogP contribution in [0.2, 0.25) is 5.02 Å². The molecule has 1 aromatic heterocycles. The maximum atomic E-state index is 11.5. The minimum Gasteiger partial charge on any atom is -0.318 e. The number of aromatic nitrogens is 1. The molecule has 0 saturated carbocycles. The van der Waals surface area contributed by atoms with Crippen LogP contribution in [0.25, 0.3) is 5.69 Å². The van der Waals surface area contributed by atoms with E-state index in [1.54, 1.807) is 6.92 Å². The van der Waals surface area contributed by atoms with E-state index in [9.17, 15) is 4.79 Å². The van der Waals surface area contributed by atoms with Crippen LogP contribution in [-0.4, -0.2) is 10.4 Å². The Balaban J connectivity index is 2.59. The molecule has 2 aromatic rings. The smallest absolute Gasteiger partial charge is 0.161 e. The second kappa shape index (κ2) is 4.38. The van der Waals surface area contributed by atoms with Gasteiger partial charge in [-0.1, -0.05) is 11.6 Å². The van der Waals surface area contributed by atoms with Gasteiger partial charge in [-0.05, 0) is 51.1 Å². The van der Waals surface area contributed by atoms with Crippen molar-refractivity contribution in [2.24, 2.45) is 0 Å². The zero-order chi connectivity index (χ0) is 12.6. The van der Waals surface area contributed by atoms with Crippen LogP contribution < -0.4 is 0 Å². The van der Waals surface area contributed by atoms with Gasteiger partial charge in [0.15, 0.2) is 5.78 Å². The summed E-state index contributed by atoms with van der Waals surface area (Å²) in [6, 6.07) is 9.52. The average molecular weight is 248 g/mol. The molecule has 0 amide bonds. The molecule has 0 bridgehead atoms. The predicted molar refractivity (Wildman–Crippen MR) is 70.3 cm³/mol. The summed E-state index contributed by atoms with van der Waals surface area (Å²) < 4.78 is 2.06. The van der Waals surface area contributed by atoms with Crippen LogP contribution in [0.4, 0.5) is 0 Å². The molecular formula is C14H14ClNO. The van der Waals surface area contributed by atoms with Gasteiger partial charge in [0.25, 0.3) is 0 Å². The van der Waals surface area contributed by atoms with Crippen LogP contribution in [0.5, 0.6) is 0 Å². The van der Waals surface area contributed by atoms with E-state index in [0.29, 0.717) is 5.02 Å². The number of ketones is 1. The number of carbonyl (C=O) groups excluding carboxylic acids is 1. The van der Waals surface area contributed by atoms with E-state index in [2.05, 4.69) is 4.57 Å². The number of benzene rings is 1. The van der Waals surface area contributed by atoms with Crippen molar-refractivity contribution in [2.75, 3.05) is 0 Å². The van der Waals surface area contributed by atoms with Gasteiger partial charge in [-0.25, -0.2) is 0 Å². The molecule has 0 aliphatic rings. The van der Waals surface area contributed by atoms with Gasteiger partial charge >= 0.3 is 0 Å². The first-order valence-electron chi connectivity index (χ1n) is 5.46. The summed E-state index contributed by atoms with van der Waals surface area (Å²) in [5.74, 6) is 0.0957. The Morgan fingerprint density at radius 1 is 1.18 bits per heavy atom. The third-order valence-electron chi connectivity index (χ3n) is 2.90. The topological polar surface area (TPSA) is 22.0 Å². The molecule has 88 valence electrons. The molecule has 3 heteroatoms. The van der Waals surface area contributed by atoms with Gasteiger partial charge < -0.3 is 4.57 Å². The van der Waals surface area contributed by atoms with Crippen molar-refractivity contribution in [3.8, 4) is 5.69 Å². The van der Waals surface area contributed by atoms with Gasteiger partial charge in [0.05, 0.1) is 0 Å². The maximum absolute atomic E-state index is 11.5. The molecule has 0 aliphatic heterocycles. The van der Waals surface area contributed by atoms with Crippen LogP contribution in [0.3, 0.4) is 0 Å². The van der Waals surface area contributed by atoms with Gasteiger partial charge in [0.2, 0.25) is 0 Å². The fourth-order valence-electron chi connectivity index (χ4n) is 2.11. The Hall–Kier alpha value is -1.54.